The van der Waals surface area contributed by atoms with Crippen LogP contribution in [0.5, 0.6) is 0 Å². The van der Waals surface area contributed by atoms with Gasteiger partial charge in [-0.2, -0.15) is 4.68 Å². The molecule has 0 aliphatic heterocycles. The Balaban J connectivity index is 1.68. The second kappa shape index (κ2) is 6.77. The molecule has 2 aromatic carbocycles. The minimum absolute atomic E-state index is 0.174. The zero-order chi connectivity index (χ0) is 17.0. The number of hydrogen-bond acceptors (Lipinski definition) is 6. The molecular weight excluding hydrogens is 328 g/mol. The quantitative estimate of drug-likeness (QED) is 0.691. The minimum atomic E-state index is -3.52. The molecule has 0 aliphatic rings. The summed E-state index contributed by atoms with van der Waals surface area (Å²) in [5.74, 6) is 0.349. The molecule has 3 aromatic rings. The SMILES string of the molecule is NS(=O)(=O)Cc1ccc(CNc2nnnn2-c2ccccc2)cc1. The Kier molecular flexibility index (Phi) is 4.54. The molecule has 1 aromatic heterocycles. The van der Waals surface area contributed by atoms with E-state index in [4.69, 9.17) is 5.14 Å². The maximum absolute atomic E-state index is 11.1. The summed E-state index contributed by atoms with van der Waals surface area (Å²) < 4.78 is 23.8. The highest BCUT2D eigenvalue weighted by atomic mass is 32.2. The number of nitrogens with zero attached hydrogens (tertiary/aromatic N) is 4. The lowest BCUT2D eigenvalue weighted by molar-refractivity contribution is 0.597. The van der Waals surface area contributed by atoms with E-state index in [0.717, 1.165) is 11.3 Å². The average Bonchev–Trinajstić information content (AvgIpc) is 3.02. The first kappa shape index (κ1) is 16.1. The number of tetrazole rings is 1. The van der Waals surface area contributed by atoms with Gasteiger partial charge in [-0.05, 0) is 33.7 Å². The van der Waals surface area contributed by atoms with Crippen molar-refractivity contribution in [3.05, 3.63) is 65.7 Å². The summed E-state index contributed by atoms with van der Waals surface area (Å²) >= 11 is 0. The zero-order valence-electron chi connectivity index (χ0n) is 12.7. The Hall–Kier alpha value is -2.78. The molecule has 8 nitrogen and oxygen atoms in total. The van der Waals surface area contributed by atoms with Crippen LogP contribution in [0.15, 0.2) is 54.6 Å². The first-order valence-corrected chi connectivity index (χ1v) is 8.89. The normalized spacial score (nSPS) is 11.4. The maximum atomic E-state index is 11.1. The van der Waals surface area contributed by atoms with Gasteiger partial charge in [-0.25, -0.2) is 13.6 Å². The van der Waals surface area contributed by atoms with Crippen molar-refractivity contribution in [3.63, 3.8) is 0 Å². The van der Waals surface area contributed by atoms with Crippen LogP contribution < -0.4 is 10.5 Å². The Morgan fingerprint density at radius 3 is 2.33 bits per heavy atom. The first-order valence-electron chi connectivity index (χ1n) is 7.17. The van der Waals surface area contributed by atoms with Gasteiger partial charge in [-0.3, -0.25) is 0 Å². The molecule has 1 heterocycles. The Bertz CT molecular complexity index is 907. The van der Waals surface area contributed by atoms with Crippen molar-refractivity contribution >= 4 is 16.0 Å². The van der Waals surface area contributed by atoms with Crippen molar-refractivity contribution in [2.45, 2.75) is 12.3 Å². The highest BCUT2D eigenvalue weighted by Crippen LogP contribution is 2.12. The van der Waals surface area contributed by atoms with Gasteiger partial charge in [0.15, 0.2) is 0 Å². The highest BCUT2D eigenvalue weighted by Gasteiger charge is 2.08. The third-order valence-corrected chi connectivity index (χ3v) is 4.05. The molecule has 0 unspecified atom stereocenters. The van der Waals surface area contributed by atoms with Crippen LogP contribution in [0.25, 0.3) is 5.69 Å². The topological polar surface area (TPSA) is 116 Å². The van der Waals surface area contributed by atoms with Crippen molar-refractivity contribution in [3.8, 4) is 5.69 Å². The van der Waals surface area contributed by atoms with Crippen molar-refractivity contribution in [2.24, 2.45) is 5.14 Å². The van der Waals surface area contributed by atoms with Crippen molar-refractivity contribution in [1.29, 1.82) is 0 Å². The molecule has 0 spiro atoms. The van der Waals surface area contributed by atoms with Crippen LogP contribution in [0, 0.1) is 0 Å². The number of sulfonamides is 1. The monoisotopic (exact) mass is 344 g/mol. The number of anilines is 1. The number of para-hydroxylation sites is 1. The Morgan fingerprint density at radius 2 is 1.67 bits per heavy atom. The van der Waals surface area contributed by atoms with E-state index < -0.39 is 10.0 Å². The second-order valence-electron chi connectivity index (χ2n) is 5.23. The minimum Gasteiger partial charge on any atom is -0.349 e. The number of hydrogen-bond donors (Lipinski definition) is 2. The van der Waals surface area contributed by atoms with Gasteiger partial charge in [-0.1, -0.05) is 47.6 Å². The number of nitrogens with two attached hydrogens (primary N) is 1. The average molecular weight is 344 g/mol. The summed E-state index contributed by atoms with van der Waals surface area (Å²) in [6.45, 7) is 0.503. The van der Waals surface area contributed by atoms with E-state index in [1.54, 1.807) is 16.8 Å². The molecule has 0 amide bonds. The fourth-order valence-electron chi connectivity index (χ4n) is 2.21. The van der Waals surface area contributed by atoms with Gasteiger partial charge in [0, 0.05) is 6.54 Å². The van der Waals surface area contributed by atoms with Crippen LogP contribution >= 0.6 is 0 Å². The molecule has 0 saturated carbocycles. The summed E-state index contributed by atoms with van der Waals surface area (Å²) in [4.78, 5) is 0. The van der Waals surface area contributed by atoms with Gasteiger partial charge >= 0.3 is 0 Å². The summed E-state index contributed by atoms with van der Waals surface area (Å²) in [6.07, 6.45) is 0. The molecule has 3 rings (SSSR count). The predicted molar refractivity (Wildman–Crippen MR) is 89.7 cm³/mol. The van der Waals surface area contributed by atoms with E-state index in [-0.39, 0.29) is 5.75 Å². The number of primary sulfonamides is 1. The van der Waals surface area contributed by atoms with Gasteiger partial charge in [0.2, 0.25) is 16.0 Å². The van der Waals surface area contributed by atoms with Crippen LogP contribution in [-0.2, 0) is 22.3 Å². The van der Waals surface area contributed by atoms with Crippen LogP contribution in [0.1, 0.15) is 11.1 Å². The third-order valence-electron chi connectivity index (χ3n) is 3.31. The van der Waals surface area contributed by atoms with E-state index in [0.29, 0.717) is 18.1 Å². The lowest BCUT2D eigenvalue weighted by Crippen LogP contribution is -2.14. The fraction of sp³-hybridized carbons (Fsp3) is 0.133. The van der Waals surface area contributed by atoms with E-state index in [9.17, 15) is 8.42 Å². The maximum Gasteiger partial charge on any atom is 0.248 e. The molecule has 0 bridgehead atoms. The Labute approximate surface area is 139 Å². The van der Waals surface area contributed by atoms with Crippen LogP contribution in [0.4, 0.5) is 5.95 Å². The molecule has 0 atom stereocenters. The first-order chi connectivity index (χ1) is 11.5. The number of benzene rings is 2. The van der Waals surface area contributed by atoms with Gasteiger partial charge in [-0.15, -0.1) is 0 Å². The van der Waals surface area contributed by atoms with Crippen LogP contribution in [0.2, 0.25) is 0 Å². The predicted octanol–water partition coefficient (Wildman–Crippen LogP) is 1.06. The lowest BCUT2D eigenvalue weighted by atomic mass is 10.1. The molecule has 0 saturated heterocycles. The molecule has 3 N–H and O–H groups in total. The Morgan fingerprint density at radius 1 is 1.00 bits per heavy atom. The molecule has 124 valence electrons. The lowest BCUT2D eigenvalue weighted by Gasteiger charge is -2.07. The smallest absolute Gasteiger partial charge is 0.248 e. The van der Waals surface area contributed by atoms with Gasteiger partial charge < -0.3 is 5.32 Å². The summed E-state index contributed by atoms with van der Waals surface area (Å²) in [5.41, 5.74) is 2.47. The fourth-order valence-corrected chi connectivity index (χ4v) is 2.86. The largest absolute Gasteiger partial charge is 0.349 e. The zero-order valence-corrected chi connectivity index (χ0v) is 13.5. The van der Waals surface area contributed by atoms with E-state index in [1.165, 1.54) is 0 Å². The number of aromatic nitrogens is 4. The summed E-state index contributed by atoms with van der Waals surface area (Å²) in [7, 11) is -3.52. The molecular formula is C15H16N6O2S. The molecule has 9 heteroatoms. The number of rotatable bonds is 6. The van der Waals surface area contributed by atoms with Crippen molar-refractivity contribution in [2.75, 3.05) is 5.32 Å². The highest BCUT2D eigenvalue weighted by molar-refractivity contribution is 7.88. The molecule has 0 fully saturated rings. The van der Waals surface area contributed by atoms with Gasteiger partial charge in [0.25, 0.3) is 0 Å². The molecule has 24 heavy (non-hydrogen) atoms. The van der Waals surface area contributed by atoms with Crippen LogP contribution in [-0.4, -0.2) is 28.6 Å². The summed E-state index contributed by atoms with van der Waals surface area (Å²) in [6, 6.07) is 16.7. The third kappa shape index (κ3) is 4.15. The summed E-state index contributed by atoms with van der Waals surface area (Å²) in [5, 5.41) is 19.8. The molecule has 0 aliphatic carbocycles. The van der Waals surface area contributed by atoms with Gasteiger partial charge in [0.05, 0.1) is 11.4 Å². The van der Waals surface area contributed by atoms with E-state index in [2.05, 4.69) is 20.8 Å². The standard InChI is InChI=1S/C15H16N6O2S/c16-24(22,23)11-13-8-6-12(7-9-13)10-17-15-18-19-20-21(15)14-4-2-1-3-5-14/h1-9H,10-11H2,(H2,16,22,23)(H,17,18,20). The van der Waals surface area contributed by atoms with Gasteiger partial charge in [0.1, 0.15) is 0 Å². The second-order valence-corrected chi connectivity index (χ2v) is 6.84. The van der Waals surface area contributed by atoms with Crippen molar-refractivity contribution in [1.82, 2.24) is 20.2 Å². The van der Waals surface area contributed by atoms with Crippen LogP contribution in [0.3, 0.4) is 0 Å². The van der Waals surface area contributed by atoms with Crippen molar-refractivity contribution < 1.29 is 8.42 Å². The van der Waals surface area contributed by atoms with E-state index in [1.807, 2.05) is 42.5 Å². The molecule has 0 radical (unpaired) electrons. The van der Waals surface area contributed by atoms with E-state index >= 15 is 0 Å². The number of nitrogens with one attached hydrogen (secondary N) is 1.